The Morgan fingerprint density at radius 3 is 2.50 bits per heavy atom. The summed E-state index contributed by atoms with van der Waals surface area (Å²) in [6.07, 6.45) is 4.30. The lowest BCUT2D eigenvalue weighted by molar-refractivity contribution is 0.401. The van der Waals surface area contributed by atoms with Gasteiger partial charge in [-0.15, -0.1) is 0 Å². The maximum atomic E-state index is 4.58. The van der Waals surface area contributed by atoms with Crippen molar-refractivity contribution in [2.75, 3.05) is 45.7 Å². The van der Waals surface area contributed by atoms with E-state index in [1.807, 2.05) is 6.20 Å². The maximum absolute atomic E-state index is 4.58. The van der Waals surface area contributed by atoms with E-state index in [4.69, 9.17) is 0 Å². The predicted octanol–water partition coefficient (Wildman–Crippen LogP) is 2.53. The number of aromatic nitrogens is 1. The molecule has 0 radical (unpaired) electrons. The van der Waals surface area contributed by atoms with Crippen LogP contribution in [-0.4, -0.2) is 50.7 Å². The normalized spacial score (nSPS) is 12.7. The number of anilines is 1. The van der Waals surface area contributed by atoms with Crippen LogP contribution in [-0.2, 0) is 0 Å². The highest BCUT2D eigenvalue weighted by Gasteiger charge is 2.06. The Kier molecular flexibility index (Phi) is 7.55. The summed E-state index contributed by atoms with van der Waals surface area (Å²) in [4.78, 5) is 9.01. The van der Waals surface area contributed by atoms with E-state index in [2.05, 4.69) is 67.2 Å². The minimum Gasteiger partial charge on any atom is -0.360 e. The summed E-state index contributed by atoms with van der Waals surface area (Å²) in [6.45, 7) is 7.57. The van der Waals surface area contributed by atoms with Gasteiger partial charge in [0.15, 0.2) is 0 Å². The van der Waals surface area contributed by atoms with Crippen LogP contribution in [0.25, 0.3) is 0 Å². The van der Waals surface area contributed by atoms with Gasteiger partial charge < -0.3 is 15.1 Å². The van der Waals surface area contributed by atoms with Crippen LogP contribution in [0.2, 0.25) is 0 Å². The van der Waals surface area contributed by atoms with Crippen LogP contribution >= 0.6 is 0 Å². The molecule has 0 aliphatic carbocycles. The Bertz CT molecular complexity index is 361. The Hall–Kier alpha value is -1.13. The van der Waals surface area contributed by atoms with Crippen LogP contribution in [0, 0.1) is 0 Å². The van der Waals surface area contributed by atoms with Gasteiger partial charge in [0.05, 0.1) is 0 Å². The predicted molar refractivity (Wildman–Crippen MR) is 87.4 cm³/mol. The molecule has 20 heavy (non-hydrogen) atoms. The fourth-order valence-corrected chi connectivity index (χ4v) is 2.10. The van der Waals surface area contributed by atoms with Gasteiger partial charge in [0.1, 0.15) is 5.82 Å². The van der Waals surface area contributed by atoms with E-state index in [1.54, 1.807) is 0 Å². The SMILES string of the molecule is CCCNC(C)c1ccc(N(C)CCCN(C)C)nc1. The van der Waals surface area contributed by atoms with Crippen molar-refractivity contribution in [3.63, 3.8) is 0 Å². The molecular weight excluding hydrogens is 248 g/mol. The molecule has 1 rings (SSSR count). The molecule has 4 heteroatoms. The van der Waals surface area contributed by atoms with Gasteiger partial charge in [0.2, 0.25) is 0 Å². The van der Waals surface area contributed by atoms with E-state index >= 15 is 0 Å². The van der Waals surface area contributed by atoms with Gasteiger partial charge in [0.25, 0.3) is 0 Å². The van der Waals surface area contributed by atoms with Crippen molar-refractivity contribution in [3.05, 3.63) is 23.9 Å². The molecule has 1 unspecified atom stereocenters. The first-order chi connectivity index (χ1) is 9.54. The van der Waals surface area contributed by atoms with Crippen LogP contribution in [0.5, 0.6) is 0 Å². The van der Waals surface area contributed by atoms with E-state index in [1.165, 1.54) is 5.56 Å². The van der Waals surface area contributed by atoms with Crippen LogP contribution in [0.3, 0.4) is 0 Å². The van der Waals surface area contributed by atoms with Crippen LogP contribution in [0.15, 0.2) is 18.3 Å². The molecule has 1 N–H and O–H groups in total. The summed E-state index contributed by atoms with van der Waals surface area (Å²) in [6, 6.07) is 4.67. The number of hydrogen-bond donors (Lipinski definition) is 1. The second kappa shape index (κ2) is 8.93. The molecule has 4 nitrogen and oxygen atoms in total. The largest absolute Gasteiger partial charge is 0.360 e. The van der Waals surface area contributed by atoms with E-state index in [-0.39, 0.29) is 0 Å². The molecule has 0 saturated heterocycles. The van der Waals surface area contributed by atoms with Gasteiger partial charge in [0, 0.05) is 25.8 Å². The third kappa shape index (κ3) is 5.88. The summed E-state index contributed by atoms with van der Waals surface area (Å²) >= 11 is 0. The van der Waals surface area contributed by atoms with E-state index in [0.29, 0.717) is 6.04 Å². The molecule has 0 saturated carbocycles. The van der Waals surface area contributed by atoms with Crippen molar-refractivity contribution in [1.29, 1.82) is 0 Å². The number of pyridine rings is 1. The number of nitrogens with zero attached hydrogens (tertiary/aromatic N) is 3. The lowest BCUT2D eigenvalue weighted by Gasteiger charge is -2.20. The zero-order valence-electron chi connectivity index (χ0n) is 13.7. The highest BCUT2D eigenvalue weighted by Crippen LogP contribution is 2.15. The second-order valence-corrected chi connectivity index (χ2v) is 5.70. The molecule has 0 bridgehead atoms. The molecule has 0 aromatic carbocycles. The highest BCUT2D eigenvalue weighted by atomic mass is 15.2. The minimum atomic E-state index is 0.371. The minimum absolute atomic E-state index is 0.371. The standard InChI is InChI=1S/C16H30N4/c1-6-10-17-14(2)15-8-9-16(18-13-15)20(5)12-7-11-19(3)4/h8-9,13-14,17H,6-7,10-12H2,1-5H3. The monoisotopic (exact) mass is 278 g/mol. The molecule has 1 heterocycles. The van der Waals surface area contributed by atoms with Crippen LogP contribution in [0.4, 0.5) is 5.82 Å². The average Bonchev–Trinajstić information content (AvgIpc) is 2.44. The quantitative estimate of drug-likeness (QED) is 0.752. The molecule has 0 spiro atoms. The summed E-state index contributed by atoms with van der Waals surface area (Å²) < 4.78 is 0. The van der Waals surface area contributed by atoms with Gasteiger partial charge in [-0.3, -0.25) is 0 Å². The van der Waals surface area contributed by atoms with Crippen molar-refractivity contribution < 1.29 is 0 Å². The summed E-state index contributed by atoms with van der Waals surface area (Å²) in [7, 11) is 6.33. The Morgan fingerprint density at radius 2 is 1.95 bits per heavy atom. The van der Waals surface area contributed by atoms with Crippen molar-refractivity contribution in [2.45, 2.75) is 32.7 Å². The number of hydrogen-bond acceptors (Lipinski definition) is 4. The van der Waals surface area contributed by atoms with Crippen molar-refractivity contribution in [2.24, 2.45) is 0 Å². The third-order valence-corrected chi connectivity index (χ3v) is 3.46. The van der Waals surface area contributed by atoms with E-state index in [9.17, 15) is 0 Å². The number of nitrogens with one attached hydrogen (secondary N) is 1. The Labute approximate surface area is 124 Å². The summed E-state index contributed by atoms with van der Waals surface area (Å²) in [5.41, 5.74) is 1.25. The molecule has 0 fully saturated rings. The highest BCUT2D eigenvalue weighted by molar-refractivity contribution is 5.38. The lowest BCUT2D eigenvalue weighted by Crippen LogP contribution is -2.24. The van der Waals surface area contributed by atoms with Crippen molar-refractivity contribution in [3.8, 4) is 0 Å². The molecule has 0 amide bonds. The topological polar surface area (TPSA) is 31.4 Å². The van der Waals surface area contributed by atoms with Gasteiger partial charge >= 0.3 is 0 Å². The summed E-state index contributed by atoms with van der Waals surface area (Å²) in [5.74, 6) is 1.05. The first kappa shape index (κ1) is 16.9. The number of rotatable bonds is 9. The van der Waals surface area contributed by atoms with Crippen molar-refractivity contribution in [1.82, 2.24) is 15.2 Å². The fraction of sp³-hybridized carbons (Fsp3) is 0.688. The van der Waals surface area contributed by atoms with E-state index in [0.717, 1.165) is 38.3 Å². The molecule has 1 atom stereocenters. The lowest BCUT2D eigenvalue weighted by atomic mass is 10.1. The Morgan fingerprint density at radius 1 is 1.20 bits per heavy atom. The Balaban J connectivity index is 2.48. The molecular formula is C16H30N4. The van der Waals surface area contributed by atoms with Gasteiger partial charge in [-0.25, -0.2) is 4.98 Å². The third-order valence-electron chi connectivity index (χ3n) is 3.46. The van der Waals surface area contributed by atoms with Crippen LogP contribution < -0.4 is 10.2 Å². The molecule has 0 aliphatic rings. The molecule has 114 valence electrons. The smallest absolute Gasteiger partial charge is 0.128 e. The zero-order chi connectivity index (χ0) is 15.0. The van der Waals surface area contributed by atoms with Gasteiger partial charge in [-0.05, 0) is 58.6 Å². The van der Waals surface area contributed by atoms with Crippen molar-refractivity contribution >= 4 is 5.82 Å². The maximum Gasteiger partial charge on any atom is 0.128 e. The second-order valence-electron chi connectivity index (χ2n) is 5.70. The zero-order valence-corrected chi connectivity index (χ0v) is 13.7. The fourth-order valence-electron chi connectivity index (χ4n) is 2.10. The van der Waals surface area contributed by atoms with E-state index < -0.39 is 0 Å². The van der Waals surface area contributed by atoms with Gasteiger partial charge in [-0.1, -0.05) is 13.0 Å². The first-order valence-corrected chi connectivity index (χ1v) is 7.59. The van der Waals surface area contributed by atoms with Crippen LogP contribution in [0.1, 0.15) is 38.3 Å². The molecule has 1 aromatic rings. The average molecular weight is 278 g/mol. The van der Waals surface area contributed by atoms with Gasteiger partial charge in [-0.2, -0.15) is 0 Å². The summed E-state index contributed by atoms with van der Waals surface area (Å²) in [5, 5.41) is 3.48. The first-order valence-electron chi connectivity index (χ1n) is 7.59. The molecule has 0 aliphatic heterocycles. The molecule has 1 aromatic heterocycles.